The van der Waals surface area contributed by atoms with Gasteiger partial charge in [0.25, 0.3) is 0 Å². The summed E-state index contributed by atoms with van der Waals surface area (Å²) in [7, 11) is 0. The number of ether oxygens (including phenoxy) is 1. The Balaban J connectivity index is 1.14. The molecule has 8 heteroatoms. The molecule has 0 aromatic carbocycles. The van der Waals surface area contributed by atoms with Gasteiger partial charge in [0.05, 0.1) is 6.54 Å². The zero-order valence-electron chi connectivity index (χ0n) is 18.7. The van der Waals surface area contributed by atoms with E-state index in [4.69, 9.17) is 4.74 Å². The van der Waals surface area contributed by atoms with Crippen molar-refractivity contribution >= 4 is 17.7 Å². The molecular formula is C23H38N4O4. The number of nitrogens with one attached hydrogen (secondary N) is 1. The molecular weight excluding hydrogens is 396 g/mol. The van der Waals surface area contributed by atoms with E-state index in [2.05, 4.69) is 15.1 Å². The van der Waals surface area contributed by atoms with Crippen molar-refractivity contribution in [3.8, 4) is 0 Å². The second-order valence-corrected chi connectivity index (χ2v) is 9.56. The van der Waals surface area contributed by atoms with E-state index in [1.54, 1.807) is 0 Å². The molecule has 0 spiro atoms. The summed E-state index contributed by atoms with van der Waals surface area (Å²) in [4.78, 5) is 43.8. The zero-order chi connectivity index (χ0) is 21.6. The van der Waals surface area contributed by atoms with Gasteiger partial charge in [-0.3, -0.25) is 14.4 Å². The maximum atomic E-state index is 12.7. The van der Waals surface area contributed by atoms with Crippen LogP contribution in [0.4, 0.5) is 0 Å². The van der Waals surface area contributed by atoms with Crippen LogP contribution < -0.4 is 5.32 Å². The summed E-state index contributed by atoms with van der Waals surface area (Å²) in [5, 5.41) is 2.87. The molecule has 0 aliphatic carbocycles. The Morgan fingerprint density at radius 2 is 1.39 bits per heavy atom. The molecule has 4 aliphatic heterocycles. The van der Waals surface area contributed by atoms with E-state index in [0.29, 0.717) is 25.2 Å². The lowest BCUT2D eigenvalue weighted by Crippen LogP contribution is -2.51. The van der Waals surface area contributed by atoms with Gasteiger partial charge in [0.1, 0.15) is 0 Å². The van der Waals surface area contributed by atoms with E-state index in [9.17, 15) is 14.4 Å². The molecule has 4 rings (SSSR count). The minimum absolute atomic E-state index is 0.0119. The Hall–Kier alpha value is -1.67. The normalized spacial score (nSPS) is 25.0. The van der Waals surface area contributed by atoms with Crippen molar-refractivity contribution in [3.05, 3.63) is 0 Å². The van der Waals surface area contributed by atoms with E-state index in [1.165, 1.54) is 0 Å². The van der Waals surface area contributed by atoms with Gasteiger partial charge in [0, 0.05) is 57.3 Å². The summed E-state index contributed by atoms with van der Waals surface area (Å²) in [6.45, 7) is 6.76. The monoisotopic (exact) mass is 434 g/mol. The van der Waals surface area contributed by atoms with Crippen molar-refractivity contribution in [3.63, 3.8) is 0 Å². The van der Waals surface area contributed by atoms with Crippen LogP contribution in [0.2, 0.25) is 0 Å². The minimum Gasteiger partial charge on any atom is -0.381 e. The first-order valence-corrected chi connectivity index (χ1v) is 12.3. The van der Waals surface area contributed by atoms with Crippen molar-refractivity contribution in [2.45, 2.75) is 57.4 Å². The van der Waals surface area contributed by atoms with Gasteiger partial charge >= 0.3 is 0 Å². The van der Waals surface area contributed by atoms with Gasteiger partial charge in [-0.05, 0) is 64.5 Å². The van der Waals surface area contributed by atoms with Crippen LogP contribution in [0.5, 0.6) is 0 Å². The number of amides is 3. The smallest absolute Gasteiger partial charge is 0.241 e. The average Bonchev–Trinajstić information content (AvgIpc) is 3.38. The highest BCUT2D eigenvalue weighted by atomic mass is 16.5. The maximum Gasteiger partial charge on any atom is 0.241 e. The fourth-order valence-corrected chi connectivity index (χ4v) is 5.57. The number of rotatable bonds is 5. The second-order valence-electron chi connectivity index (χ2n) is 9.56. The highest BCUT2D eigenvalue weighted by molar-refractivity contribution is 5.86. The number of carbonyl (C=O) groups is 3. The van der Waals surface area contributed by atoms with Gasteiger partial charge in [-0.2, -0.15) is 0 Å². The lowest BCUT2D eigenvalue weighted by atomic mass is 9.92. The minimum atomic E-state index is 0.0119. The molecule has 4 fully saturated rings. The summed E-state index contributed by atoms with van der Waals surface area (Å²) in [6, 6.07) is 0.513. The average molecular weight is 435 g/mol. The number of carbonyl (C=O) groups excluding carboxylic acids is 3. The van der Waals surface area contributed by atoms with E-state index in [0.717, 1.165) is 90.6 Å². The second kappa shape index (κ2) is 10.8. The molecule has 0 aromatic heterocycles. The zero-order valence-corrected chi connectivity index (χ0v) is 18.7. The molecule has 1 N–H and O–H groups in total. The van der Waals surface area contributed by atoms with Gasteiger partial charge in [0.15, 0.2) is 0 Å². The van der Waals surface area contributed by atoms with Crippen molar-refractivity contribution in [1.29, 1.82) is 0 Å². The SMILES string of the molecule is O=C(NCC(=O)N1CCCC1)C1CCN(C2CCN(C(=O)C3CCOCC3)CC2)CC1. The molecule has 0 unspecified atom stereocenters. The third-order valence-electron chi connectivity index (χ3n) is 7.64. The Morgan fingerprint density at radius 3 is 2.03 bits per heavy atom. The van der Waals surface area contributed by atoms with Gasteiger partial charge in [-0.25, -0.2) is 0 Å². The molecule has 0 saturated carbocycles. The van der Waals surface area contributed by atoms with Crippen LogP contribution in [0.15, 0.2) is 0 Å². The van der Waals surface area contributed by atoms with Crippen LogP contribution in [0.1, 0.15) is 51.4 Å². The number of nitrogens with zero attached hydrogens (tertiary/aromatic N) is 3. The third kappa shape index (κ3) is 5.77. The largest absolute Gasteiger partial charge is 0.381 e. The fourth-order valence-electron chi connectivity index (χ4n) is 5.57. The van der Waals surface area contributed by atoms with Crippen molar-refractivity contribution < 1.29 is 19.1 Å². The molecule has 0 atom stereocenters. The Bertz CT molecular complexity index is 629. The van der Waals surface area contributed by atoms with Crippen LogP contribution in [0, 0.1) is 11.8 Å². The summed E-state index contributed by atoms with van der Waals surface area (Å²) >= 11 is 0. The summed E-state index contributed by atoms with van der Waals surface area (Å²) in [5.41, 5.74) is 0. The van der Waals surface area contributed by atoms with Gasteiger partial charge in [0.2, 0.25) is 17.7 Å². The van der Waals surface area contributed by atoms with Crippen LogP contribution >= 0.6 is 0 Å². The molecule has 0 radical (unpaired) electrons. The van der Waals surface area contributed by atoms with Crippen LogP contribution in [-0.2, 0) is 19.1 Å². The number of hydrogen-bond donors (Lipinski definition) is 1. The van der Waals surface area contributed by atoms with E-state index < -0.39 is 0 Å². The van der Waals surface area contributed by atoms with Crippen molar-refractivity contribution in [2.24, 2.45) is 11.8 Å². The van der Waals surface area contributed by atoms with Crippen LogP contribution in [0.25, 0.3) is 0 Å². The summed E-state index contributed by atoms with van der Waals surface area (Å²) in [5.74, 6) is 0.560. The lowest BCUT2D eigenvalue weighted by molar-refractivity contribution is -0.140. The fraction of sp³-hybridized carbons (Fsp3) is 0.870. The quantitative estimate of drug-likeness (QED) is 0.694. The molecule has 3 amide bonds. The Labute approximate surface area is 185 Å². The Morgan fingerprint density at radius 1 is 0.742 bits per heavy atom. The van der Waals surface area contributed by atoms with Gasteiger partial charge in [-0.15, -0.1) is 0 Å². The van der Waals surface area contributed by atoms with E-state index >= 15 is 0 Å². The highest BCUT2D eigenvalue weighted by Crippen LogP contribution is 2.26. The van der Waals surface area contributed by atoms with Crippen molar-refractivity contribution in [2.75, 3.05) is 59.0 Å². The number of piperidine rings is 2. The predicted molar refractivity (Wildman–Crippen MR) is 116 cm³/mol. The molecule has 4 aliphatic rings. The molecule has 31 heavy (non-hydrogen) atoms. The third-order valence-corrected chi connectivity index (χ3v) is 7.64. The molecule has 0 bridgehead atoms. The van der Waals surface area contributed by atoms with Crippen molar-refractivity contribution in [1.82, 2.24) is 20.0 Å². The predicted octanol–water partition coefficient (Wildman–Crippen LogP) is 0.855. The number of hydrogen-bond acceptors (Lipinski definition) is 5. The molecule has 4 heterocycles. The van der Waals surface area contributed by atoms with E-state index in [1.807, 2.05) is 4.90 Å². The lowest BCUT2D eigenvalue weighted by Gasteiger charge is -2.42. The molecule has 0 aromatic rings. The summed E-state index contributed by atoms with van der Waals surface area (Å²) < 4.78 is 5.38. The van der Waals surface area contributed by atoms with Gasteiger partial charge < -0.3 is 24.8 Å². The molecule has 174 valence electrons. The van der Waals surface area contributed by atoms with Crippen LogP contribution in [-0.4, -0.2) is 97.5 Å². The van der Waals surface area contributed by atoms with Gasteiger partial charge in [-0.1, -0.05) is 0 Å². The van der Waals surface area contributed by atoms with Crippen LogP contribution in [0.3, 0.4) is 0 Å². The molecule has 8 nitrogen and oxygen atoms in total. The number of likely N-dealkylation sites (tertiary alicyclic amines) is 3. The highest BCUT2D eigenvalue weighted by Gasteiger charge is 2.33. The standard InChI is InChI=1S/C23H38N4O4/c28-21(26-9-1-2-10-26)17-24-22(29)18-3-11-25(12-4-18)20-5-13-27(14-6-20)23(30)19-7-15-31-16-8-19/h18-20H,1-17H2,(H,24,29). The molecule has 4 saturated heterocycles. The maximum absolute atomic E-state index is 12.7. The topological polar surface area (TPSA) is 82.2 Å². The summed E-state index contributed by atoms with van der Waals surface area (Å²) in [6.07, 6.45) is 7.61. The first-order chi connectivity index (χ1) is 15.1. The first kappa shape index (κ1) is 22.5. The first-order valence-electron chi connectivity index (χ1n) is 12.3. The Kier molecular flexibility index (Phi) is 7.82. The van der Waals surface area contributed by atoms with E-state index in [-0.39, 0.29) is 30.2 Å².